The summed E-state index contributed by atoms with van der Waals surface area (Å²) in [5.74, 6) is 1.23. The predicted octanol–water partition coefficient (Wildman–Crippen LogP) is 1.30. The van der Waals surface area contributed by atoms with Crippen LogP contribution in [0.5, 0.6) is 11.5 Å². The molecule has 84 valence electrons. The van der Waals surface area contributed by atoms with Crippen molar-refractivity contribution in [2.75, 3.05) is 20.8 Å². The van der Waals surface area contributed by atoms with Gasteiger partial charge in [0, 0.05) is 0 Å². The van der Waals surface area contributed by atoms with Crippen molar-refractivity contribution < 1.29 is 14.6 Å². The standard InChI is InChI=1S/C11H17NO3/c1-4-12-11(13)10-8(14-2)6-5-7-9(10)15-3/h5-7,11-13H,4H2,1-3H3. The van der Waals surface area contributed by atoms with E-state index in [4.69, 9.17) is 9.47 Å². The van der Waals surface area contributed by atoms with E-state index in [0.29, 0.717) is 23.6 Å². The van der Waals surface area contributed by atoms with Crippen LogP contribution in [0.3, 0.4) is 0 Å². The molecule has 0 amide bonds. The molecule has 0 aliphatic heterocycles. The maximum atomic E-state index is 9.87. The molecule has 1 aromatic carbocycles. The van der Waals surface area contributed by atoms with Gasteiger partial charge in [0.15, 0.2) is 0 Å². The van der Waals surface area contributed by atoms with Crippen LogP contribution >= 0.6 is 0 Å². The van der Waals surface area contributed by atoms with E-state index in [0.717, 1.165) is 0 Å². The number of hydrogen-bond acceptors (Lipinski definition) is 4. The van der Waals surface area contributed by atoms with Crippen molar-refractivity contribution in [2.24, 2.45) is 0 Å². The second-order valence-corrected chi connectivity index (χ2v) is 3.04. The molecule has 1 rings (SSSR count). The summed E-state index contributed by atoms with van der Waals surface area (Å²) in [5, 5.41) is 12.8. The van der Waals surface area contributed by atoms with Gasteiger partial charge in [-0.2, -0.15) is 0 Å². The molecule has 0 aliphatic carbocycles. The normalized spacial score (nSPS) is 12.3. The van der Waals surface area contributed by atoms with Gasteiger partial charge in [-0.3, -0.25) is 5.32 Å². The van der Waals surface area contributed by atoms with Crippen molar-refractivity contribution in [3.05, 3.63) is 23.8 Å². The maximum absolute atomic E-state index is 9.87. The number of methoxy groups -OCH3 is 2. The summed E-state index contributed by atoms with van der Waals surface area (Å²) in [7, 11) is 3.13. The molecule has 0 aliphatic rings. The molecule has 0 fully saturated rings. The first-order chi connectivity index (χ1) is 7.24. The fraction of sp³-hybridized carbons (Fsp3) is 0.455. The molecular formula is C11H17NO3. The first-order valence-corrected chi connectivity index (χ1v) is 4.86. The van der Waals surface area contributed by atoms with E-state index in [1.165, 1.54) is 0 Å². The van der Waals surface area contributed by atoms with Gasteiger partial charge in [-0.25, -0.2) is 0 Å². The lowest BCUT2D eigenvalue weighted by atomic mass is 10.1. The summed E-state index contributed by atoms with van der Waals surface area (Å²) in [6, 6.07) is 5.40. The minimum atomic E-state index is -0.777. The van der Waals surface area contributed by atoms with Gasteiger partial charge in [-0.05, 0) is 18.7 Å². The SMILES string of the molecule is CCNC(O)c1c(OC)cccc1OC. The summed E-state index contributed by atoms with van der Waals surface area (Å²) in [6.45, 7) is 2.59. The summed E-state index contributed by atoms with van der Waals surface area (Å²) in [5.41, 5.74) is 0.629. The van der Waals surface area contributed by atoms with Gasteiger partial charge in [0.05, 0.1) is 19.8 Å². The Balaban J connectivity index is 3.09. The van der Waals surface area contributed by atoms with Crippen LogP contribution in [0.4, 0.5) is 0 Å². The van der Waals surface area contributed by atoms with Crippen molar-refractivity contribution in [3.63, 3.8) is 0 Å². The molecule has 4 heteroatoms. The van der Waals surface area contributed by atoms with Gasteiger partial charge >= 0.3 is 0 Å². The predicted molar refractivity (Wildman–Crippen MR) is 58.2 cm³/mol. The van der Waals surface area contributed by atoms with Crippen LogP contribution in [0, 0.1) is 0 Å². The summed E-state index contributed by atoms with van der Waals surface area (Å²) in [6.07, 6.45) is -0.777. The number of rotatable bonds is 5. The van der Waals surface area contributed by atoms with Crippen LogP contribution in [-0.4, -0.2) is 25.9 Å². The van der Waals surface area contributed by atoms with Crippen LogP contribution in [0.1, 0.15) is 18.7 Å². The highest BCUT2D eigenvalue weighted by Gasteiger charge is 2.17. The number of nitrogens with one attached hydrogen (secondary N) is 1. The molecule has 4 nitrogen and oxygen atoms in total. The largest absolute Gasteiger partial charge is 0.496 e. The number of aliphatic hydroxyl groups is 1. The molecule has 15 heavy (non-hydrogen) atoms. The Morgan fingerprint density at radius 1 is 1.27 bits per heavy atom. The highest BCUT2D eigenvalue weighted by molar-refractivity contribution is 5.46. The molecule has 1 unspecified atom stereocenters. The van der Waals surface area contributed by atoms with E-state index in [1.807, 2.05) is 13.0 Å². The van der Waals surface area contributed by atoms with E-state index in [9.17, 15) is 5.11 Å². The highest BCUT2D eigenvalue weighted by Crippen LogP contribution is 2.32. The number of aliphatic hydroxyl groups excluding tert-OH is 1. The Hall–Kier alpha value is -1.26. The third-order valence-electron chi connectivity index (χ3n) is 2.14. The smallest absolute Gasteiger partial charge is 0.138 e. The van der Waals surface area contributed by atoms with Crippen molar-refractivity contribution in [3.8, 4) is 11.5 Å². The average Bonchev–Trinajstić information content (AvgIpc) is 2.28. The van der Waals surface area contributed by atoms with Gasteiger partial charge in [0.1, 0.15) is 17.7 Å². The zero-order valence-electron chi connectivity index (χ0n) is 9.28. The van der Waals surface area contributed by atoms with Gasteiger partial charge in [0.25, 0.3) is 0 Å². The molecule has 0 heterocycles. The van der Waals surface area contributed by atoms with Crippen LogP contribution in [0.25, 0.3) is 0 Å². The Morgan fingerprint density at radius 3 is 2.20 bits per heavy atom. The molecule has 0 saturated heterocycles. The average molecular weight is 211 g/mol. The van der Waals surface area contributed by atoms with Gasteiger partial charge < -0.3 is 14.6 Å². The van der Waals surface area contributed by atoms with Crippen LogP contribution in [0.2, 0.25) is 0 Å². The minimum absolute atomic E-state index is 0.614. The first kappa shape index (κ1) is 11.8. The lowest BCUT2D eigenvalue weighted by molar-refractivity contribution is 0.134. The zero-order chi connectivity index (χ0) is 11.3. The molecule has 0 saturated carbocycles. The molecule has 0 spiro atoms. The van der Waals surface area contributed by atoms with E-state index >= 15 is 0 Å². The van der Waals surface area contributed by atoms with Crippen molar-refractivity contribution >= 4 is 0 Å². The fourth-order valence-electron chi connectivity index (χ4n) is 1.44. The molecule has 2 N–H and O–H groups in total. The summed E-state index contributed by atoms with van der Waals surface area (Å²) >= 11 is 0. The van der Waals surface area contributed by atoms with Crippen LogP contribution in [0.15, 0.2) is 18.2 Å². The molecule has 1 atom stereocenters. The maximum Gasteiger partial charge on any atom is 0.138 e. The van der Waals surface area contributed by atoms with Gasteiger partial charge in [-0.1, -0.05) is 13.0 Å². The van der Waals surface area contributed by atoms with Crippen LogP contribution < -0.4 is 14.8 Å². The molecule has 1 aromatic rings. The molecule has 0 aromatic heterocycles. The molecule has 0 radical (unpaired) electrons. The van der Waals surface area contributed by atoms with Gasteiger partial charge in [-0.15, -0.1) is 0 Å². The summed E-state index contributed by atoms with van der Waals surface area (Å²) < 4.78 is 10.4. The highest BCUT2D eigenvalue weighted by atomic mass is 16.5. The number of hydrogen-bond donors (Lipinski definition) is 2. The van der Waals surface area contributed by atoms with Gasteiger partial charge in [0.2, 0.25) is 0 Å². The quantitative estimate of drug-likeness (QED) is 0.721. The molecule has 0 bridgehead atoms. The van der Waals surface area contributed by atoms with Crippen molar-refractivity contribution in [1.29, 1.82) is 0 Å². The second kappa shape index (κ2) is 5.58. The first-order valence-electron chi connectivity index (χ1n) is 4.86. The third-order valence-corrected chi connectivity index (χ3v) is 2.14. The fourth-order valence-corrected chi connectivity index (χ4v) is 1.44. The van der Waals surface area contributed by atoms with Crippen molar-refractivity contribution in [1.82, 2.24) is 5.32 Å². The van der Waals surface area contributed by atoms with Crippen molar-refractivity contribution in [2.45, 2.75) is 13.2 Å². The number of ether oxygens (including phenoxy) is 2. The lowest BCUT2D eigenvalue weighted by Crippen LogP contribution is -2.21. The van der Waals surface area contributed by atoms with E-state index in [-0.39, 0.29) is 0 Å². The number of benzene rings is 1. The lowest BCUT2D eigenvalue weighted by Gasteiger charge is -2.18. The van der Waals surface area contributed by atoms with Crippen LogP contribution in [-0.2, 0) is 0 Å². The molecular weight excluding hydrogens is 194 g/mol. The topological polar surface area (TPSA) is 50.7 Å². The second-order valence-electron chi connectivity index (χ2n) is 3.04. The minimum Gasteiger partial charge on any atom is -0.496 e. The van der Waals surface area contributed by atoms with E-state index < -0.39 is 6.23 Å². The summed E-state index contributed by atoms with van der Waals surface area (Å²) in [4.78, 5) is 0. The Labute approximate surface area is 89.8 Å². The Kier molecular flexibility index (Phi) is 4.39. The van der Waals surface area contributed by atoms with E-state index in [2.05, 4.69) is 5.32 Å². The van der Waals surface area contributed by atoms with E-state index in [1.54, 1.807) is 26.4 Å². The zero-order valence-corrected chi connectivity index (χ0v) is 9.28. The Morgan fingerprint density at radius 2 is 1.80 bits per heavy atom. The monoisotopic (exact) mass is 211 g/mol. The third kappa shape index (κ3) is 2.61. The Bertz CT molecular complexity index is 292.